The highest BCUT2D eigenvalue weighted by Gasteiger charge is 2.21. The van der Waals surface area contributed by atoms with E-state index in [-0.39, 0.29) is 29.7 Å². The number of hydrogen-bond donors (Lipinski definition) is 0. The molecule has 1 heteroatoms. The molecule has 0 spiro atoms. The molecule has 0 saturated heterocycles. The number of benzene rings is 8. The van der Waals surface area contributed by atoms with Crippen molar-refractivity contribution in [1.29, 1.82) is 0 Å². The molecule has 0 aliphatic rings. The fourth-order valence-corrected chi connectivity index (χ4v) is 6.72. The van der Waals surface area contributed by atoms with E-state index in [1.165, 1.54) is 0 Å². The third-order valence-corrected chi connectivity index (χ3v) is 8.55. The Balaban J connectivity index is 1.49. The monoisotopic (exact) mass is 551 g/mol. The molecule has 0 radical (unpaired) electrons. The molecule has 0 amide bonds. The lowest BCUT2D eigenvalue weighted by molar-refractivity contribution is 0.669. The van der Waals surface area contributed by atoms with Gasteiger partial charge in [0.1, 0.15) is 11.2 Å². The molecule has 0 bridgehead atoms. The predicted octanol–water partition coefficient (Wildman–Crippen LogP) is 12.0. The average Bonchev–Trinajstić information content (AvgIpc) is 3.49. The summed E-state index contributed by atoms with van der Waals surface area (Å²) in [4.78, 5) is 0. The molecular formula is C42H26O. The van der Waals surface area contributed by atoms with E-state index in [0.29, 0.717) is 11.1 Å². The minimum atomic E-state index is -0.416. The summed E-state index contributed by atoms with van der Waals surface area (Å²) in [6, 6.07) is 41.6. The summed E-state index contributed by atoms with van der Waals surface area (Å²) in [5.41, 5.74) is 5.99. The van der Waals surface area contributed by atoms with Crippen molar-refractivity contribution in [3.63, 3.8) is 0 Å². The molecule has 9 aromatic rings. The fraction of sp³-hybridized carbons (Fsp3) is 0. The van der Waals surface area contributed by atoms with E-state index in [9.17, 15) is 0 Å². The summed E-state index contributed by atoms with van der Waals surface area (Å²) in [5, 5.41) is 8.12. The molecule has 0 atom stereocenters. The van der Waals surface area contributed by atoms with Gasteiger partial charge in [-0.1, -0.05) is 139 Å². The number of para-hydroxylation sites is 1. The van der Waals surface area contributed by atoms with Crippen molar-refractivity contribution in [2.45, 2.75) is 0 Å². The molecule has 0 fully saturated rings. The molecule has 200 valence electrons. The Morgan fingerprint density at radius 2 is 0.953 bits per heavy atom. The summed E-state index contributed by atoms with van der Waals surface area (Å²) in [6.07, 6.45) is 0. The van der Waals surface area contributed by atoms with E-state index in [1.807, 2.05) is 60.7 Å². The summed E-state index contributed by atoms with van der Waals surface area (Å²) in [6.45, 7) is 0. The molecule has 0 saturated carbocycles. The third kappa shape index (κ3) is 3.65. The topological polar surface area (TPSA) is 13.1 Å². The summed E-state index contributed by atoms with van der Waals surface area (Å²) in [5.74, 6) is 0. The Bertz CT molecular complexity index is 2700. The normalized spacial score (nSPS) is 13.3. The van der Waals surface area contributed by atoms with Crippen LogP contribution < -0.4 is 0 Å². The smallest absolute Gasteiger partial charge is 0.136 e. The second-order valence-corrected chi connectivity index (χ2v) is 10.9. The molecule has 8 aromatic carbocycles. The van der Waals surface area contributed by atoms with Crippen molar-refractivity contribution in [3.05, 3.63) is 158 Å². The van der Waals surface area contributed by atoms with Crippen molar-refractivity contribution in [2.24, 2.45) is 0 Å². The number of hydrogen-bond acceptors (Lipinski definition) is 1. The highest BCUT2D eigenvalue weighted by atomic mass is 16.3. The molecule has 43 heavy (non-hydrogen) atoms. The second kappa shape index (κ2) is 9.44. The quantitative estimate of drug-likeness (QED) is 0.199. The maximum Gasteiger partial charge on any atom is 0.136 e. The van der Waals surface area contributed by atoms with Crippen molar-refractivity contribution in [1.82, 2.24) is 0 Å². The first-order chi connectivity index (χ1) is 23.4. The van der Waals surface area contributed by atoms with Gasteiger partial charge >= 0.3 is 0 Å². The van der Waals surface area contributed by atoms with Crippen LogP contribution in [-0.4, -0.2) is 0 Å². The van der Waals surface area contributed by atoms with Crippen LogP contribution in [0, 0.1) is 0 Å². The van der Waals surface area contributed by atoms with Gasteiger partial charge in [-0.15, -0.1) is 0 Å². The van der Waals surface area contributed by atoms with E-state index in [4.69, 9.17) is 11.3 Å². The van der Waals surface area contributed by atoms with E-state index in [0.717, 1.165) is 70.9 Å². The average molecular weight is 552 g/mol. The molecule has 1 aromatic heterocycles. The fourth-order valence-electron chi connectivity index (χ4n) is 6.72. The van der Waals surface area contributed by atoms with E-state index in [2.05, 4.69) is 66.7 Å². The van der Waals surface area contributed by atoms with Crippen LogP contribution in [-0.2, 0) is 0 Å². The van der Waals surface area contributed by atoms with Gasteiger partial charge < -0.3 is 4.42 Å². The molecule has 0 aliphatic heterocycles. The molecule has 0 N–H and O–H groups in total. The van der Waals surface area contributed by atoms with Gasteiger partial charge in [0.25, 0.3) is 0 Å². The van der Waals surface area contributed by atoms with Crippen LogP contribution in [0.2, 0.25) is 0 Å². The molecule has 1 nitrogen and oxygen atoms in total. The lowest BCUT2D eigenvalue weighted by atomic mass is 9.82. The van der Waals surface area contributed by atoms with E-state index >= 15 is 0 Å². The van der Waals surface area contributed by atoms with Gasteiger partial charge in [-0.3, -0.25) is 0 Å². The van der Waals surface area contributed by atoms with Gasteiger partial charge in [0.2, 0.25) is 0 Å². The minimum Gasteiger partial charge on any atom is -0.456 e. The summed E-state index contributed by atoms with van der Waals surface area (Å²) < 4.78 is 49.8. The van der Waals surface area contributed by atoms with Crippen molar-refractivity contribution in [2.75, 3.05) is 0 Å². The third-order valence-electron chi connectivity index (χ3n) is 8.55. The molecule has 1 heterocycles. The Morgan fingerprint density at radius 1 is 0.395 bits per heavy atom. The zero-order valence-electron chi connectivity index (χ0n) is 28.0. The van der Waals surface area contributed by atoms with Gasteiger partial charge in [0.05, 0.1) is 6.85 Å². The maximum absolute atomic E-state index is 9.02. The predicted molar refractivity (Wildman–Crippen MR) is 183 cm³/mol. The van der Waals surface area contributed by atoms with Crippen LogP contribution >= 0.6 is 0 Å². The van der Waals surface area contributed by atoms with Crippen LogP contribution in [0.25, 0.3) is 87.6 Å². The first kappa shape index (κ1) is 19.5. The van der Waals surface area contributed by atoms with Gasteiger partial charge in [0, 0.05) is 10.8 Å². The van der Waals surface area contributed by atoms with Gasteiger partial charge in [-0.25, -0.2) is 0 Å². The van der Waals surface area contributed by atoms with Crippen molar-refractivity contribution >= 4 is 54.3 Å². The van der Waals surface area contributed by atoms with Gasteiger partial charge in [0.15, 0.2) is 0 Å². The Kier molecular flexibility index (Phi) is 4.27. The van der Waals surface area contributed by atoms with E-state index < -0.39 is 6.04 Å². The summed E-state index contributed by atoms with van der Waals surface area (Å²) in [7, 11) is 0. The zero-order chi connectivity index (χ0) is 32.7. The lowest BCUT2D eigenvalue weighted by Crippen LogP contribution is -1.93. The van der Waals surface area contributed by atoms with Crippen molar-refractivity contribution in [3.8, 4) is 33.4 Å². The van der Waals surface area contributed by atoms with E-state index in [1.54, 1.807) is 0 Å². The zero-order valence-corrected chi connectivity index (χ0v) is 23.0. The largest absolute Gasteiger partial charge is 0.456 e. The van der Waals surface area contributed by atoms with Gasteiger partial charge in [-0.05, 0) is 83.9 Å². The van der Waals surface area contributed by atoms with Crippen LogP contribution in [0.1, 0.15) is 6.85 Å². The first-order valence-corrected chi connectivity index (χ1v) is 14.4. The molecule has 0 aliphatic carbocycles. The number of rotatable bonds is 3. The molecule has 0 unspecified atom stereocenters. The highest BCUT2D eigenvalue weighted by Crippen LogP contribution is 2.48. The van der Waals surface area contributed by atoms with Crippen LogP contribution in [0.4, 0.5) is 0 Å². The van der Waals surface area contributed by atoms with Crippen LogP contribution in [0.5, 0.6) is 0 Å². The minimum absolute atomic E-state index is 0.162. The van der Waals surface area contributed by atoms with Crippen LogP contribution in [0.3, 0.4) is 0 Å². The number of furan rings is 1. The van der Waals surface area contributed by atoms with Crippen molar-refractivity contribution < 1.29 is 11.3 Å². The van der Waals surface area contributed by atoms with Gasteiger partial charge in [-0.2, -0.15) is 0 Å². The summed E-state index contributed by atoms with van der Waals surface area (Å²) >= 11 is 0. The Hall–Kier alpha value is -5.66. The highest BCUT2D eigenvalue weighted by molar-refractivity contribution is 6.25. The molecular weight excluding hydrogens is 520 g/mol. The van der Waals surface area contributed by atoms with Crippen LogP contribution in [0.15, 0.2) is 162 Å². The Labute approximate surface area is 256 Å². The number of fused-ring (bicyclic) bond motifs is 6. The maximum atomic E-state index is 9.02. The first-order valence-electron chi connectivity index (χ1n) is 16.9. The lowest BCUT2D eigenvalue weighted by Gasteiger charge is -2.20. The second-order valence-electron chi connectivity index (χ2n) is 10.9. The molecule has 9 rings (SSSR count). The Morgan fingerprint density at radius 3 is 1.65 bits per heavy atom. The SMILES string of the molecule is [2H]c1c([2H])c([2H])c(-c2cc3c(cc2-c2c4ccccc4c(-c4cccc5ccccc45)c4ccccc24)oc2ccccc23)c([2H])c1[2H]. The standard InChI is InChI=1S/C42H26O/c1-2-13-28(14-3-1)36-25-37-30-18-10-11-24-39(30)43-40(37)26-38(36)42-34-21-8-6-19-32(34)41(33-20-7-9-22-35(33)42)31-23-12-16-27-15-4-5-17-29(27)31/h1-26H/i1D,2D,3D,13D,14D.